The van der Waals surface area contributed by atoms with Crippen molar-refractivity contribution in [3.8, 4) is 24.7 Å². The summed E-state index contributed by atoms with van der Waals surface area (Å²) in [6.07, 6.45) is 10.6. The molecule has 8 rings (SSSR count). The van der Waals surface area contributed by atoms with Crippen LogP contribution in [-0.4, -0.2) is 82.0 Å². The van der Waals surface area contributed by atoms with E-state index < -0.39 is 48.4 Å². The first-order valence-corrected chi connectivity index (χ1v) is 17.6. The van der Waals surface area contributed by atoms with Gasteiger partial charge in [-0.15, -0.1) is 12.8 Å². The Bertz CT molecular complexity index is 1970. The minimum absolute atomic E-state index is 0.146. The van der Waals surface area contributed by atoms with Crippen LogP contribution in [-0.2, 0) is 19.1 Å². The fourth-order valence-corrected chi connectivity index (χ4v) is 8.13. The van der Waals surface area contributed by atoms with E-state index in [0.717, 1.165) is 22.3 Å². The highest BCUT2D eigenvalue weighted by Gasteiger charge is 2.58. The van der Waals surface area contributed by atoms with Crippen molar-refractivity contribution in [2.75, 3.05) is 26.3 Å². The summed E-state index contributed by atoms with van der Waals surface area (Å²) in [6, 6.07) is 30.7. The summed E-state index contributed by atoms with van der Waals surface area (Å²) in [7, 11) is 0. The Morgan fingerprint density at radius 2 is 0.887 bits per heavy atom. The number of rotatable bonds is 10. The van der Waals surface area contributed by atoms with Crippen molar-refractivity contribution in [3.63, 3.8) is 0 Å². The maximum atomic E-state index is 14.1. The van der Waals surface area contributed by atoms with Crippen molar-refractivity contribution in [1.82, 2.24) is 19.6 Å². The van der Waals surface area contributed by atoms with Gasteiger partial charge in [0.25, 0.3) is 0 Å². The van der Waals surface area contributed by atoms with Gasteiger partial charge in [-0.25, -0.2) is 9.59 Å². The average molecular weight is 705 g/mol. The largest absolute Gasteiger partial charge is 0.447 e. The van der Waals surface area contributed by atoms with Gasteiger partial charge in [0.2, 0.25) is 11.8 Å². The molecule has 4 fully saturated rings. The zero-order valence-corrected chi connectivity index (χ0v) is 28.8. The van der Waals surface area contributed by atoms with E-state index in [4.69, 9.17) is 22.3 Å². The van der Waals surface area contributed by atoms with E-state index >= 15 is 0 Å². The van der Waals surface area contributed by atoms with Crippen LogP contribution in [0.15, 0.2) is 109 Å². The molecule has 0 saturated carbocycles. The Morgan fingerprint density at radius 3 is 1.25 bits per heavy atom. The minimum Gasteiger partial charge on any atom is -0.447 e. The highest BCUT2D eigenvalue weighted by molar-refractivity contribution is 5.94. The molecule has 4 aromatic carbocycles. The van der Waals surface area contributed by atoms with Crippen LogP contribution in [0.25, 0.3) is 0 Å². The normalized spacial score (nSPS) is 24.9. The Morgan fingerprint density at radius 1 is 0.509 bits per heavy atom. The molecule has 4 heterocycles. The third-order valence-corrected chi connectivity index (χ3v) is 10.8. The van der Waals surface area contributed by atoms with Gasteiger partial charge in [-0.05, 0) is 52.9 Å². The number of terminal acetylenes is 2. The second-order valence-corrected chi connectivity index (χ2v) is 13.6. The maximum Gasteiger partial charge on any atom is 0.411 e. The summed E-state index contributed by atoms with van der Waals surface area (Å²) in [5.74, 6) is 4.87. The third-order valence-electron chi connectivity index (χ3n) is 10.8. The Balaban J connectivity index is 1.04. The summed E-state index contributed by atoms with van der Waals surface area (Å²) >= 11 is 0. The molecule has 6 atom stereocenters. The molecule has 4 aliphatic heterocycles. The van der Waals surface area contributed by atoms with Crippen molar-refractivity contribution in [2.24, 2.45) is 0 Å². The molecule has 4 saturated heterocycles. The van der Waals surface area contributed by atoms with Crippen LogP contribution < -0.4 is 0 Å². The van der Waals surface area contributed by atoms with E-state index in [2.05, 4.69) is 11.8 Å². The lowest BCUT2D eigenvalue weighted by atomic mass is 9.84. The fourth-order valence-electron chi connectivity index (χ4n) is 8.13. The second-order valence-electron chi connectivity index (χ2n) is 13.6. The van der Waals surface area contributed by atoms with Gasteiger partial charge in [0.05, 0.1) is 24.2 Å². The quantitative estimate of drug-likeness (QED) is 0.157. The zero-order chi connectivity index (χ0) is 36.6. The van der Waals surface area contributed by atoms with Gasteiger partial charge in [0, 0.05) is 24.2 Å². The first kappa shape index (κ1) is 33.6. The third kappa shape index (κ3) is 5.83. The fraction of sp³-hybridized carbons (Fsp3) is 0.256. The number of ether oxygens (including phenoxy) is 2. The van der Waals surface area contributed by atoms with Crippen molar-refractivity contribution in [3.05, 3.63) is 143 Å². The van der Waals surface area contributed by atoms with Gasteiger partial charge in [-0.2, -0.15) is 0 Å². The number of nitrogens with zero attached hydrogens (tertiary/aromatic N) is 4. The van der Waals surface area contributed by atoms with Crippen LogP contribution in [0.2, 0.25) is 0 Å². The highest BCUT2D eigenvalue weighted by atomic mass is 16.6. The standard InChI is InChI=1S/C43H36N4O6/c1-3-28-16-20-32(21-17-28)36-38(46-34(26-52-42(46)50)30-12-7-5-8-13-30)40(48)44(36)24-11-25-45-37(33-22-18-29(4-2)19-23-33)39(41(45)49)47-35(27-53-43(47)51)31-14-9-6-10-15-31/h1-2,5-10,12-23,34-39H,11,24-27H2/t34-,35-,36-,37-,38-,39-/m1/s1. The molecule has 0 aromatic heterocycles. The van der Waals surface area contributed by atoms with Crippen LogP contribution in [0, 0.1) is 24.7 Å². The Labute approximate surface area is 307 Å². The molecule has 10 nitrogen and oxygen atoms in total. The summed E-state index contributed by atoms with van der Waals surface area (Å²) < 4.78 is 11.0. The number of likely N-dealkylation sites (tertiary alicyclic amines) is 2. The maximum absolute atomic E-state index is 14.1. The zero-order valence-electron chi connectivity index (χ0n) is 28.8. The van der Waals surface area contributed by atoms with Gasteiger partial charge < -0.3 is 19.3 Å². The average Bonchev–Trinajstić information content (AvgIpc) is 3.77. The number of carbonyl (C=O) groups is 4. The number of hydrogen-bond acceptors (Lipinski definition) is 6. The predicted molar refractivity (Wildman–Crippen MR) is 195 cm³/mol. The molecular formula is C43H36N4O6. The van der Waals surface area contributed by atoms with E-state index in [9.17, 15) is 19.2 Å². The molecular weight excluding hydrogens is 668 g/mol. The Kier molecular flexibility index (Phi) is 8.81. The topological polar surface area (TPSA) is 99.7 Å². The van der Waals surface area contributed by atoms with E-state index in [1.807, 2.05) is 109 Å². The molecule has 10 heteroatoms. The lowest BCUT2D eigenvalue weighted by Crippen LogP contribution is -2.67. The molecule has 264 valence electrons. The molecule has 4 amide bonds. The molecule has 53 heavy (non-hydrogen) atoms. The number of hydrogen-bond donors (Lipinski definition) is 0. The highest BCUT2D eigenvalue weighted by Crippen LogP contribution is 2.46. The van der Waals surface area contributed by atoms with Crippen LogP contribution in [0.4, 0.5) is 9.59 Å². The number of benzene rings is 4. The van der Waals surface area contributed by atoms with Crippen LogP contribution in [0.3, 0.4) is 0 Å². The summed E-state index contributed by atoms with van der Waals surface area (Å²) in [5.41, 5.74) is 4.85. The van der Waals surface area contributed by atoms with E-state index in [1.54, 1.807) is 19.6 Å². The van der Waals surface area contributed by atoms with Crippen LogP contribution in [0.5, 0.6) is 0 Å². The lowest BCUT2D eigenvalue weighted by Gasteiger charge is -2.53. The van der Waals surface area contributed by atoms with Crippen molar-refractivity contribution in [2.45, 2.75) is 42.7 Å². The van der Waals surface area contributed by atoms with Gasteiger partial charge in [-0.1, -0.05) is 96.8 Å². The molecule has 0 bridgehead atoms. The monoisotopic (exact) mass is 704 g/mol. The number of amides is 4. The van der Waals surface area contributed by atoms with Crippen LogP contribution >= 0.6 is 0 Å². The predicted octanol–water partition coefficient (Wildman–Crippen LogP) is 5.63. The van der Waals surface area contributed by atoms with Gasteiger partial charge in [0.1, 0.15) is 25.3 Å². The van der Waals surface area contributed by atoms with E-state index in [-0.39, 0.29) is 25.0 Å². The molecule has 0 N–H and O–H groups in total. The van der Waals surface area contributed by atoms with Gasteiger partial charge >= 0.3 is 12.2 Å². The van der Waals surface area contributed by atoms with Crippen molar-refractivity contribution >= 4 is 24.0 Å². The molecule has 0 radical (unpaired) electrons. The summed E-state index contributed by atoms with van der Waals surface area (Å²) in [6.45, 7) is 0.941. The Hall–Kier alpha value is -6.52. The van der Waals surface area contributed by atoms with Gasteiger partial charge in [0.15, 0.2) is 0 Å². The second kappa shape index (κ2) is 13.9. The number of β-lactam (4-membered cyclic amide) rings is 2. The first-order valence-electron chi connectivity index (χ1n) is 17.6. The van der Waals surface area contributed by atoms with Crippen molar-refractivity contribution in [1.29, 1.82) is 0 Å². The molecule has 0 aliphatic carbocycles. The van der Waals surface area contributed by atoms with Crippen LogP contribution in [0.1, 0.15) is 64.0 Å². The number of cyclic esters (lactones) is 2. The summed E-state index contributed by atoms with van der Waals surface area (Å²) in [4.78, 5) is 61.2. The number of carbonyl (C=O) groups excluding carboxylic acids is 4. The lowest BCUT2D eigenvalue weighted by molar-refractivity contribution is -0.161. The SMILES string of the molecule is C#Cc1ccc([C@@H]2[C@@H](N3C(=O)OC[C@@H]3c3ccccc3)C(=O)N2CCCN2C(=O)[C@H](N3C(=O)OC[C@@H]3c3ccccc3)[C@H]2c2ccc(C#C)cc2)cc1. The smallest absolute Gasteiger partial charge is 0.411 e. The molecule has 4 aliphatic rings. The van der Waals surface area contributed by atoms with Crippen molar-refractivity contribution < 1.29 is 28.7 Å². The molecule has 4 aromatic rings. The minimum atomic E-state index is -0.777. The van der Waals surface area contributed by atoms with Gasteiger partial charge in [-0.3, -0.25) is 19.4 Å². The summed E-state index contributed by atoms with van der Waals surface area (Å²) in [5, 5.41) is 0. The molecule has 0 unspecified atom stereocenters. The van der Waals surface area contributed by atoms with E-state index in [1.165, 1.54) is 0 Å². The molecule has 0 spiro atoms. The first-order chi connectivity index (χ1) is 25.9. The van der Waals surface area contributed by atoms with E-state index in [0.29, 0.717) is 30.6 Å².